The highest BCUT2D eigenvalue weighted by molar-refractivity contribution is 6.30. The molecule has 0 unspecified atom stereocenters. The van der Waals surface area contributed by atoms with Crippen LogP contribution in [0.2, 0.25) is 5.02 Å². The van der Waals surface area contributed by atoms with Gasteiger partial charge in [0.15, 0.2) is 0 Å². The van der Waals surface area contributed by atoms with Gasteiger partial charge in [0.1, 0.15) is 0 Å². The molecule has 0 saturated carbocycles. The number of halogens is 1. The van der Waals surface area contributed by atoms with Crippen LogP contribution in [0.4, 0.5) is 0 Å². The second kappa shape index (κ2) is 8.25. The number of aliphatic hydroxyl groups is 1. The zero-order valence-electron chi connectivity index (χ0n) is 17.3. The topological polar surface area (TPSA) is 58.4 Å². The van der Waals surface area contributed by atoms with E-state index in [1.165, 1.54) is 0 Å². The third-order valence-electron chi connectivity index (χ3n) is 6.03. The summed E-state index contributed by atoms with van der Waals surface area (Å²) in [5.74, 6) is -0.0116. The number of rotatable bonds is 4. The smallest absolute Gasteiger partial charge is 0.257 e. The number of benzene rings is 2. The summed E-state index contributed by atoms with van der Waals surface area (Å²) in [6.45, 7) is 5.47. The van der Waals surface area contributed by atoms with Crippen LogP contribution >= 0.6 is 11.6 Å². The lowest BCUT2D eigenvalue weighted by Crippen LogP contribution is -2.45. The first-order chi connectivity index (χ1) is 14.4. The number of carbonyl (C=O) groups is 1. The molecule has 1 N–H and O–H groups in total. The van der Waals surface area contributed by atoms with Gasteiger partial charge in [0.05, 0.1) is 23.4 Å². The summed E-state index contributed by atoms with van der Waals surface area (Å²) in [6.07, 6.45) is 0.993. The van der Waals surface area contributed by atoms with Crippen molar-refractivity contribution in [3.05, 3.63) is 87.7 Å². The van der Waals surface area contributed by atoms with Gasteiger partial charge in [-0.15, -0.1) is 0 Å². The van der Waals surface area contributed by atoms with Crippen LogP contribution in [0.25, 0.3) is 0 Å². The van der Waals surface area contributed by atoms with Gasteiger partial charge in [-0.25, -0.2) is 0 Å². The molecule has 0 spiro atoms. The van der Waals surface area contributed by atoms with E-state index in [9.17, 15) is 9.90 Å². The van der Waals surface area contributed by atoms with Crippen LogP contribution in [-0.4, -0.2) is 38.8 Å². The maximum Gasteiger partial charge on any atom is 0.257 e. The van der Waals surface area contributed by atoms with Crippen molar-refractivity contribution in [3.8, 4) is 0 Å². The molecule has 5 nitrogen and oxygen atoms in total. The second-order valence-electron chi connectivity index (χ2n) is 8.02. The van der Waals surface area contributed by atoms with Crippen molar-refractivity contribution >= 4 is 17.5 Å². The molecule has 30 heavy (non-hydrogen) atoms. The highest BCUT2D eigenvalue weighted by atomic mass is 35.5. The number of hydrogen-bond donors (Lipinski definition) is 1. The van der Waals surface area contributed by atoms with E-state index in [-0.39, 0.29) is 5.91 Å². The molecule has 1 aliphatic heterocycles. The zero-order valence-corrected chi connectivity index (χ0v) is 18.1. The van der Waals surface area contributed by atoms with Gasteiger partial charge in [-0.2, -0.15) is 5.10 Å². The lowest BCUT2D eigenvalue weighted by molar-refractivity contribution is -0.0211. The number of amides is 1. The number of carbonyl (C=O) groups excluding carboxylic acids is 1. The number of likely N-dealkylation sites (tertiary alicyclic amines) is 1. The quantitative estimate of drug-likeness (QED) is 0.679. The molecule has 1 saturated heterocycles. The molecule has 1 fully saturated rings. The first-order valence-electron chi connectivity index (χ1n) is 10.2. The van der Waals surface area contributed by atoms with E-state index < -0.39 is 5.60 Å². The number of hydrogen-bond acceptors (Lipinski definition) is 3. The van der Waals surface area contributed by atoms with Crippen molar-refractivity contribution in [2.45, 2.75) is 38.8 Å². The molecule has 0 radical (unpaired) electrons. The molecule has 3 aromatic rings. The monoisotopic (exact) mass is 423 g/mol. The minimum atomic E-state index is -0.928. The van der Waals surface area contributed by atoms with Crippen LogP contribution in [0.5, 0.6) is 0 Å². The fourth-order valence-corrected chi connectivity index (χ4v) is 4.33. The average molecular weight is 424 g/mol. The molecule has 4 rings (SSSR count). The minimum absolute atomic E-state index is 0.0116. The fourth-order valence-electron chi connectivity index (χ4n) is 4.20. The van der Waals surface area contributed by atoms with Crippen LogP contribution < -0.4 is 0 Å². The Morgan fingerprint density at radius 1 is 1.07 bits per heavy atom. The van der Waals surface area contributed by atoms with Gasteiger partial charge in [0.25, 0.3) is 5.91 Å². The third kappa shape index (κ3) is 4.00. The summed E-state index contributed by atoms with van der Waals surface area (Å²) in [7, 11) is 0. The highest BCUT2D eigenvalue weighted by Crippen LogP contribution is 2.34. The van der Waals surface area contributed by atoms with Crippen molar-refractivity contribution < 1.29 is 9.90 Å². The van der Waals surface area contributed by atoms with Crippen molar-refractivity contribution in [2.24, 2.45) is 0 Å². The van der Waals surface area contributed by atoms with Crippen molar-refractivity contribution in [2.75, 3.05) is 13.1 Å². The predicted molar refractivity (Wildman–Crippen MR) is 118 cm³/mol. The van der Waals surface area contributed by atoms with Gasteiger partial charge < -0.3 is 10.0 Å². The Kier molecular flexibility index (Phi) is 5.67. The molecule has 0 atom stereocenters. The van der Waals surface area contributed by atoms with Gasteiger partial charge >= 0.3 is 0 Å². The number of nitrogens with zero attached hydrogens (tertiary/aromatic N) is 3. The normalized spacial score (nSPS) is 15.9. The summed E-state index contributed by atoms with van der Waals surface area (Å²) in [5, 5.41) is 16.3. The molecular weight excluding hydrogens is 398 g/mol. The fraction of sp³-hybridized carbons (Fsp3) is 0.333. The van der Waals surface area contributed by atoms with Crippen LogP contribution in [0.1, 0.15) is 45.7 Å². The van der Waals surface area contributed by atoms with E-state index in [1.54, 1.807) is 12.1 Å². The molecule has 2 heterocycles. The van der Waals surface area contributed by atoms with Crippen LogP contribution in [0, 0.1) is 13.8 Å². The van der Waals surface area contributed by atoms with Crippen LogP contribution in [0.3, 0.4) is 0 Å². The SMILES string of the molecule is Cc1nn(Cc2ccccc2)c(C)c1C(=O)N1CCC(O)(c2ccc(Cl)cc2)CC1. The largest absolute Gasteiger partial charge is 0.385 e. The zero-order chi connectivity index (χ0) is 21.3. The third-order valence-corrected chi connectivity index (χ3v) is 6.28. The molecule has 1 aliphatic rings. The van der Waals surface area contributed by atoms with Gasteiger partial charge in [0, 0.05) is 23.8 Å². The molecule has 1 amide bonds. The molecule has 1 aromatic heterocycles. The molecular formula is C24H26ClN3O2. The van der Waals surface area contributed by atoms with Crippen LogP contribution in [-0.2, 0) is 12.1 Å². The van der Waals surface area contributed by atoms with Crippen molar-refractivity contribution in [1.82, 2.24) is 14.7 Å². The van der Waals surface area contributed by atoms with Gasteiger partial charge in [-0.3, -0.25) is 9.48 Å². The van der Waals surface area contributed by atoms with E-state index in [4.69, 9.17) is 11.6 Å². The maximum atomic E-state index is 13.3. The Bertz CT molecular complexity index is 1040. The van der Waals surface area contributed by atoms with E-state index in [2.05, 4.69) is 17.2 Å². The van der Waals surface area contributed by atoms with Crippen molar-refractivity contribution in [3.63, 3.8) is 0 Å². The second-order valence-corrected chi connectivity index (χ2v) is 8.46. The van der Waals surface area contributed by atoms with E-state index in [0.717, 1.165) is 22.5 Å². The summed E-state index contributed by atoms with van der Waals surface area (Å²) in [4.78, 5) is 15.1. The predicted octanol–water partition coefficient (Wildman–Crippen LogP) is 4.33. The number of aromatic nitrogens is 2. The minimum Gasteiger partial charge on any atom is -0.385 e. The summed E-state index contributed by atoms with van der Waals surface area (Å²) in [6, 6.07) is 17.4. The summed E-state index contributed by atoms with van der Waals surface area (Å²) in [5.41, 5.74) is 3.35. The van der Waals surface area contributed by atoms with E-state index >= 15 is 0 Å². The Labute approximate surface area is 181 Å². The molecule has 156 valence electrons. The molecule has 6 heteroatoms. The van der Waals surface area contributed by atoms with E-state index in [1.807, 2.05) is 53.8 Å². The summed E-state index contributed by atoms with van der Waals surface area (Å²) < 4.78 is 1.89. The Hall–Kier alpha value is -2.63. The van der Waals surface area contributed by atoms with Gasteiger partial charge in [0.2, 0.25) is 0 Å². The van der Waals surface area contributed by atoms with Gasteiger partial charge in [-0.05, 0) is 49.9 Å². The standard InChI is InChI=1S/C24H26ClN3O2/c1-17-22(18(2)28(26-17)16-19-6-4-3-5-7-19)23(29)27-14-12-24(30,13-15-27)20-8-10-21(25)11-9-20/h3-11,30H,12-16H2,1-2H3. The summed E-state index contributed by atoms with van der Waals surface area (Å²) >= 11 is 5.97. The van der Waals surface area contributed by atoms with Gasteiger partial charge in [-0.1, -0.05) is 54.1 Å². The first kappa shape index (κ1) is 20.6. The highest BCUT2D eigenvalue weighted by Gasteiger charge is 2.36. The molecule has 2 aromatic carbocycles. The lowest BCUT2D eigenvalue weighted by atomic mass is 9.84. The van der Waals surface area contributed by atoms with Crippen LogP contribution in [0.15, 0.2) is 54.6 Å². The average Bonchev–Trinajstić information content (AvgIpc) is 3.02. The Morgan fingerprint density at radius 3 is 2.33 bits per heavy atom. The van der Waals surface area contributed by atoms with E-state index in [0.29, 0.717) is 43.1 Å². The Morgan fingerprint density at radius 2 is 1.70 bits per heavy atom. The molecule has 0 aliphatic carbocycles. The van der Waals surface area contributed by atoms with Crippen molar-refractivity contribution in [1.29, 1.82) is 0 Å². The molecule has 0 bridgehead atoms. The Balaban J connectivity index is 1.48. The number of aryl methyl sites for hydroxylation is 1. The first-order valence-corrected chi connectivity index (χ1v) is 10.6. The lowest BCUT2D eigenvalue weighted by Gasteiger charge is -2.38. The number of piperidine rings is 1. The maximum absolute atomic E-state index is 13.3.